The summed E-state index contributed by atoms with van der Waals surface area (Å²) in [5.74, 6) is -0.467. The van der Waals surface area contributed by atoms with Gasteiger partial charge in [-0.25, -0.2) is 9.79 Å². The van der Waals surface area contributed by atoms with Gasteiger partial charge in [0, 0.05) is 16.1 Å². The van der Waals surface area contributed by atoms with Gasteiger partial charge < -0.3 is 9.30 Å². The molecule has 1 aliphatic heterocycles. The molecule has 8 heteroatoms. The molecule has 0 radical (unpaired) electrons. The van der Waals surface area contributed by atoms with Gasteiger partial charge >= 0.3 is 5.97 Å². The maximum Gasteiger partial charge on any atom is 0.338 e. The highest BCUT2D eigenvalue weighted by molar-refractivity contribution is 7.98. The molecule has 6 nitrogen and oxygen atoms in total. The number of rotatable bonds is 8. The summed E-state index contributed by atoms with van der Waals surface area (Å²) in [5.41, 5.74) is 8.70. The molecule has 244 valence electrons. The molecule has 0 amide bonds. The Balaban J connectivity index is 1.50. The number of fused-ring (bicyclic) bond motifs is 1. The SMILES string of the molecule is CCOC(=O)C1=C(C)N=c2s/c(=C\c3cc(-c4ccccc4)n(-c4ccc(C)cc4)c3-c3ccccc3)c(=O)n2[C@H]1c1ccc(SC)cc1. The van der Waals surface area contributed by atoms with Gasteiger partial charge in [-0.05, 0) is 80.1 Å². The molecule has 0 N–H and O–H groups in total. The molecule has 49 heavy (non-hydrogen) atoms. The van der Waals surface area contributed by atoms with Gasteiger partial charge in [0.1, 0.15) is 0 Å². The van der Waals surface area contributed by atoms with Crippen molar-refractivity contribution in [3.63, 3.8) is 0 Å². The fourth-order valence-electron chi connectivity index (χ4n) is 6.35. The first-order chi connectivity index (χ1) is 23.9. The fourth-order valence-corrected chi connectivity index (χ4v) is 7.80. The van der Waals surface area contributed by atoms with E-state index in [4.69, 9.17) is 9.73 Å². The topological polar surface area (TPSA) is 65.6 Å². The van der Waals surface area contributed by atoms with Crippen molar-refractivity contribution < 1.29 is 9.53 Å². The van der Waals surface area contributed by atoms with Crippen LogP contribution in [0.15, 0.2) is 141 Å². The van der Waals surface area contributed by atoms with Gasteiger partial charge in [-0.1, -0.05) is 102 Å². The summed E-state index contributed by atoms with van der Waals surface area (Å²) in [5, 5.41) is 0. The average Bonchev–Trinajstić information content (AvgIpc) is 3.65. The average molecular weight is 682 g/mol. The first-order valence-corrected chi connectivity index (χ1v) is 18.2. The highest BCUT2D eigenvalue weighted by Gasteiger charge is 2.33. The Kier molecular flexibility index (Phi) is 9.08. The van der Waals surface area contributed by atoms with Gasteiger partial charge in [0.05, 0.1) is 39.8 Å². The lowest BCUT2D eigenvalue weighted by molar-refractivity contribution is -0.139. The third-order valence-electron chi connectivity index (χ3n) is 8.67. The van der Waals surface area contributed by atoms with Crippen molar-refractivity contribution in [1.29, 1.82) is 0 Å². The molecule has 0 unspecified atom stereocenters. The molecular weight excluding hydrogens is 647 g/mol. The Labute approximate surface area is 293 Å². The van der Waals surface area contributed by atoms with Crippen molar-refractivity contribution >= 4 is 35.1 Å². The summed E-state index contributed by atoms with van der Waals surface area (Å²) < 4.78 is 9.95. The van der Waals surface area contributed by atoms with Crippen molar-refractivity contribution in [2.75, 3.05) is 12.9 Å². The number of carbonyl (C=O) groups is 1. The molecule has 0 spiro atoms. The molecule has 0 fully saturated rings. The quantitative estimate of drug-likeness (QED) is 0.121. The number of allylic oxidation sites excluding steroid dienone is 1. The van der Waals surface area contributed by atoms with Gasteiger partial charge in [-0.15, -0.1) is 11.8 Å². The van der Waals surface area contributed by atoms with Crippen molar-refractivity contribution in [1.82, 2.24) is 9.13 Å². The number of thiazole rings is 1. The molecule has 1 aliphatic rings. The zero-order chi connectivity index (χ0) is 34.1. The van der Waals surface area contributed by atoms with Crippen LogP contribution in [0.3, 0.4) is 0 Å². The van der Waals surface area contributed by atoms with Gasteiger partial charge in [0.15, 0.2) is 4.80 Å². The molecule has 7 rings (SSSR count). The number of hydrogen-bond donors (Lipinski definition) is 0. The van der Waals surface area contributed by atoms with E-state index in [2.05, 4.69) is 66.1 Å². The highest BCUT2D eigenvalue weighted by atomic mass is 32.2. The third-order valence-corrected chi connectivity index (χ3v) is 10.4. The van der Waals surface area contributed by atoms with E-state index in [1.54, 1.807) is 23.3 Å². The maximum absolute atomic E-state index is 14.6. The Morgan fingerprint density at radius 2 is 1.55 bits per heavy atom. The molecule has 1 atom stereocenters. The molecule has 0 saturated heterocycles. The Bertz CT molecular complexity index is 2370. The molecule has 6 aromatic rings. The highest BCUT2D eigenvalue weighted by Crippen LogP contribution is 2.37. The number of aromatic nitrogens is 2. The third kappa shape index (κ3) is 6.14. The summed E-state index contributed by atoms with van der Waals surface area (Å²) in [6.45, 7) is 5.90. The number of carbonyl (C=O) groups excluding carboxylic acids is 1. The number of esters is 1. The van der Waals surface area contributed by atoms with E-state index < -0.39 is 12.0 Å². The van der Waals surface area contributed by atoms with Crippen LogP contribution < -0.4 is 14.9 Å². The lowest BCUT2D eigenvalue weighted by Crippen LogP contribution is -2.39. The van der Waals surface area contributed by atoms with Crippen LogP contribution in [0.25, 0.3) is 34.3 Å². The lowest BCUT2D eigenvalue weighted by Gasteiger charge is -2.24. The van der Waals surface area contributed by atoms with Crippen LogP contribution >= 0.6 is 23.1 Å². The standard InChI is InChI=1S/C41H35N3O3S2/c1-5-47-40(46)36-27(3)42-41-44(38(36)30-18-22-33(48-4)23-19-30)39(45)35(49-41)25-31-24-34(28-12-8-6-9-13-28)43(32-20-16-26(2)17-21-32)37(31)29-14-10-7-11-15-29/h6-25,38H,5H2,1-4H3/b35-25-/t38-/m0/s1. The van der Waals surface area contributed by atoms with Crippen LogP contribution in [0, 0.1) is 6.92 Å². The zero-order valence-corrected chi connectivity index (χ0v) is 29.3. The molecule has 0 bridgehead atoms. The largest absolute Gasteiger partial charge is 0.463 e. The number of hydrogen-bond acceptors (Lipinski definition) is 6. The number of nitrogens with zero attached hydrogens (tertiary/aromatic N) is 3. The smallest absolute Gasteiger partial charge is 0.338 e. The minimum atomic E-state index is -0.668. The fraction of sp³-hybridized carbons (Fsp3) is 0.146. The molecule has 0 saturated carbocycles. The molecular formula is C41H35N3O3S2. The first-order valence-electron chi connectivity index (χ1n) is 16.1. The predicted octanol–water partition coefficient (Wildman–Crippen LogP) is 7.95. The van der Waals surface area contributed by atoms with Crippen LogP contribution in [0.1, 0.15) is 36.6 Å². The Morgan fingerprint density at radius 1 is 0.898 bits per heavy atom. The van der Waals surface area contributed by atoms with Crippen molar-refractivity contribution in [3.8, 4) is 28.2 Å². The van der Waals surface area contributed by atoms with Crippen LogP contribution in [-0.2, 0) is 9.53 Å². The van der Waals surface area contributed by atoms with E-state index in [0.717, 1.165) is 44.2 Å². The summed E-state index contributed by atoms with van der Waals surface area (Å²) >= 11 is 2.97. The maximum atomic E-state index is 14.6. The normalized spacial score (nSPS) is 14.4. The van der Waals surface area contributed by atoms with Crippen molar-refractivity contribution in [2.24, 2.45) is 4.99 Å². The Morgan fingerprint density at radius 3 is 2.18 bits per heavy atom. The summed E-state index contributed by atoms with van der Waals surface area (Å²) in [7, 11) is 0. The van der Waals surface area contributed by atoms with E-state index in [-0.39, 0.29) is 12.2 Å². The Hall–Kier alpha value is -5.18. The van der Waals surface area contributed by atoms with Gasteiger partial charge in [-0.2, -0.15) is 0 Å². The van der Waals surface area contributed by atoms with Crippen molar-refractivity contribution in [3.05, 3.63) is 163 Å². The molecule has 3 heterocycles. The number of thioether (sulfide) groups is 1. The minimum absolute atomic E-state index is 0.208. The molecule has 2 aromatic heterocycles. The van der Waals surface area contributed by atoms with E-state index in [1.165, 1.54) is 16.9 Å². The minimum Gasteiger partial charge on any atom is -0.463 e. The summed E-state index contributed by atoms with van der Waals surface area (Å²) in [6.07, 6.45) is 3.99. The monoisotopic (exact) mass is 681 g/mol. The summed E-state index contributed by atoms with van der Waals surface area (Å²) in [4.78, 5) is 34.4. The summed E-state index contributed by atoms with van der Waals surface area (Å²) in [6, 6.07) is 38.5. The molecule has 4 aromatic carbocycles. The van der Waals surface area contributed by atoms with Crippen LogP contribution in [-0.4, -0.2) is 28.0 Å². The van der Waals surface area contributed by atoms with Gasteiger partial charge in [0.2, 0.25) is 0 Å². The van der Waals surface area contributed by atoms with Crippen LogP contribution in [0.5, 0.6) is 0 Å². The molecule has 0 aliphatic carbocycles. The van der Waals surface area contributed by atoms with Crippen LogP contribution in [0.4, 0.5) is 0 Å². The van der Waals surface area contributed by atoms with E-state index >= 15 is 0 Å². The van der Waals surface area contributed by atoms with Crippen molar-refractivity contribution in [2.45, 2.75) is 31.7 Å². The second kappa shape index (κ2) is 13.7. The number of ether oxygens (including phenoxy) is 1. The number of benzene rings is 4. The zero-order valence-electron chi connectivity index (χ0n) is 27.7. The second-order valence-corrected chi connectivity index (χ2v) is 13.7. The van der Waals surface area contributed by atoms with E-state index in [0.29, 0.717) is 20.6 Å². The first kappa shape index (κ1) is 32.4. The predicted molar refractivity (Wildman–Crippen MR) is 200 cm³/mol. The van der Waals surface area contributed by atoms with Crippen LogP contribution in [0.2, 0.25) is 0 Å². The van der Waals surface area contributed by atoms with E-state index in [9.17, 15) is 9.59 Å². The van der Waals surface area contributed by atoms with Gasteiger partial charge in [-0.3, -0.25) is 9.36 Å². The van der Waals surface area contributed by atoms with Gasteiger partial charge in [0.25, 0.3) is 5.56 Å². The lowest BCUT2D eigenvalue weighted by atomic mass is 9.96. The van der Waals surface area contributed by atoms with E-state index in [1.807, 2.05) is 79.9 Å². The number of aryl methyl sites for hydroxylation is 1. The second-order valence-electron chi connectivity index (χ2n) is 11.8.